The summed E-state index contributed by atoms with van der Waals surface area (Å²) in [5, 5.41) is 3.02. The van der Waals surface area contributed by atoms with E-state index in [2.05, 4.69) is 10.0 Å². The maximum Gasteiger partial charge on any atom is 0.250 e. The normalized spacial score (nSPS) is 13.2. The van der Waals surface area contributed by atoms with Crippen LogP contribution in [0.2, 0.25) is 0 Å². The minimum atomic E-state index is -3.48. The first-order chi connectivity index (χ1) is 10.1. The van der Waals surface area contributed by atoms with Crippen LogP contribution < -0.4 is 10.0 Å². The van der Waals surface area contributed by atoms with Crippen molar-refractivity contribution < 1.29 is 8.42 Å². The molecule has 0 fully saturated rings. The third-order valence-electron chi connectivity index (χ3n) is 3.16. The molecule has 0 aliphatic carbocycles. The van der Waals surface area contributed by atoms with Crippen molar-refractivity contribution in [2.45, 2.75) is 30.1 Å². The molecule has 1 unspecified atom stereocenters. The molecule has 4 nitrogen and oxygen atoms in total. The van der Waals surface area contributed by atoms with Crippen molar-refractivity contribution in [3.8, 4) is 0 Å². The summed E-state index contributed by atoms with van der Waals surface area (Å²) in [5.41, 5.74) is 0.982. The lowest BCUT2D eigenvalue weighted by molar-refractivity contribution is 0.552. The fourth-order valence-corrected chi connectivity index (χ4v) is 4.78. The lowest BCUT2D eigenvalue weighted by atomic mass is 10.1. The molecule has 1 aromatic carbocycles. The largest absolute Gasteiger partial charge is 0.315 e. The van der Waals surface area contributed by atoms with Gasteiger partial charge in [0.2, 0.25) is 0 Å². The van der Waals surface area contributed by atoms with E-state index >= 15 is 0 Å². The number of hydrogen-bond donors (Lipinski definition) is 2. The van der Waals surface area contributed by atoms with Gasteiger partial charge in [-0.05, 0) is 31.2 Å². The van der Waals surface area contributed by atoms with Crippen LogP contribution in [0.25, 0.3) is 0 Å². The molecule has 1 heterocycles. The summed E-state index contributed by atoms with van der Waals surface area (Å²) in [6.07, 6.45) is 0.706. The predicted octanol–water partition coefficient (Wildman–Crippen LogP) is 2.90. The molecule has 0 amide bonds. The van der Waals surface area contributed by atoms with Crippen LogP contribution in [0.5, 0.6) is 0 Å². The number of sulfonamides is 1. The van der Waals surface area contributed by atoms with Crippen LogP contribution in [-0.2, 0) is 16.6 Å². The van der Waals surface area contributed by atoms with Gasteiger partial charge in [-0.25, -0.2) is 13.1 Å². The van der Waals surface area contributed by atoms with Gasteiger partial charge in [0.25, 0.3) is 10.0 Å². The highest BCUT2D eigenvalue weighted by Crippen LogP contribution is 2.25. The average Bonchev–Trinajstić information content (AvgIpc) is 2.96. The van der Waals surface area contributed by atoms with Gasteiger partial charge in [0, 0.05) is 17.5 Å². The van der Waals surface area contributed by atoms with Crippen LogP contribution >= 0.6 is 11.3 Å². The molecule has 0 aliphatic rings. The standard InChI is InChI=1S/C15H20N2O2S2/c1-3-14(12-7-5-4-6-8-12)17-21(18,19)15-10-9-13(20-15)11-16-2/h4-10,14,16-17H,3,11H2,1-2H3. The Morgan fingerprint density at radius 1 is 1.14 bits per heavy atom. The van der Waals surface area contributed by atoms with E-state index in [-0.39, 0.29) is 6.04 Å². The van der Waals surface area contributed by atoms with Gasteiger partial charge in [-0.1, -0.05) is 37.3 Å². The second-order valence-corrected chi connectivity index (χ2v) is 7.85. The molecule has 0 saturated carbocycles. The highest BCUT2D eigenvalue weighted by atomic mass is 32.2. The quantitative estimate of drug-likeness (QED) is 0.823. The van der Waals surface area contributed by atoms with E-state index in [0.717, 1.165) is 10.4 Å². The van der Waals surface area contributed by atoms with Crippen LogP contribution in [0.4, 0.5) is 0 Å². The monoisotopic (exact) mass is 324 g/mol. The lowest BCUT2D eigenvalue weighted by Crippen LogP contribution is -2.27. The lowest BCUT2D eigenvalue weighted by Gasteiger charge is -2.16. The first kappa shape index (κ1) is 16.2. The topological polar surface area (TPSA) is 58.2 Å². The maximum absolute atomic E-state index is 12.5. The Hall–Kier alpha value is -1.21. The minimum Gasteiger partial charge on any atom is -0.315 e. The van der Waals surface area contributed by atoms with Crippen molar-refractivity contribution in [2.75, 3.05) is 7.05 Å². The summed E-state index contributed by atoms with van der Waals surface area (Å²) in [6, 6.07) is 13.0. The third-order valence-corrected chi connectivity index (χ3v) is 6.21. The van der Waals surface area contributed by atoms with Crippen molar-refractivity contribution in [3.63, 3.8) is 0 Å². The van der Waals surface area contributed by atoms with E-state index in [1.165, 1.54) is 11.3 Å². The summed E-state index contributed by atoms with van der Waals surface area (Å²) in [4.78, 5) is 1.01. The average molecular weight is 324 g/mol. The van der Waals surface area contributed by atoms with Crippen molar-refractivity contribution >= 4 is 21.4 Å². The highest BCUT2D eigenvalue weighted by molar-refractivity contribution is 7.91. The zero-order valence-corrected chi connectivity index (χ0v) is 13.8. The summed E-state index contributed by atoms with van der Waals surface area (Å²) >= 11 is 1.30. The van der Waals surface area contributed by atoms with Crippen LogP contribution in [0.3, 0.4) is 0 Å². The van der Waals surface area contributed by atoms with Crippen LogP contribution in [0, 0.1) is 0 Å². The molecular formula is C15H20N2O2S2. The molecule has 0 saturated heterocycles. The molecule has 0 bridgehead atoms. The Balaban J connectivity index is 2.19. The Labute approximate surface area is 130 Å². The summed E-state index contributed by atoms with van der Waals surface area (Å²) in [5.74, 6) is 0. The first-order valence-electron chi connectivity index (χ1n) is 6.87. The van der Waals surface area contributed by atoms with Crippen LogP contribution in [-0.4, -0.2) is 15.5 Å². The molecule has 0 spiro atoms. The van der Waals surface area contributed by atoms with Crippen molar-refractivity contribution in [3.05, 3.63) is 52.9 Å². The van der Waals surface area contributed by atoms with E-state index in [0.29, 0.717) is 17.2 Å². The summed E-state index contributed by atoms with van der Waals surface area (Å²) < 4.78 is 28.1. The second-order valence-electron chi connectivity index (χ2n) is 4.74. The van der Waals surface area contributed by atoms with Gasteiger partial charge in [0.1, 0.15) is 4.21 Å². The van der Waals surface area contributed by atoms with Gasteiger partial charge in [0.05, 0.1) is 0 Å². The Morgan fingerprint density at radius 3 is 2.48 bits per heavy atom. The molecule has 1 aromatic heterocycles. The Kier molecular flexibility index (Phi) is 5.52. The van der Waals surface area contributed by atoms with Gasteiger partial charge in [-0.2, -0.15) is 0 Å². The van der Waals surface area contributed by atoms with E-state index in [1.807, 2.05) is 50.4 Å². The third kappa shape index (κ3) is 4.14. The molecule has 1 atom stereocenters. The molecule has 2 aromatic rings. The van der Waals surface area contributed by atoms with Crippen LogP contribution in [0.15, 0.2) is 46.7 Å². The second kappa shape index (κ2) is 7.17. The summed E-state index contributed by atoms with van der Waals surface area (Å²) in [6.45, 7) is 2.65. The molecule has 2 N–H and O–H groups in total. The Morgan fingerprint density at radius 2 is 1.86 bits per heavy atom. The zero-order valence-electron chi connectivity index (χ0n) is 12.2. The van der Waals surface area contributed by atoms with E-state index in [1.54, 1.807) is 6.07 Å². The van der Waals surface area contributed by atoms with Crippen molar-refractivity contribution in [1.29, 1.82) is 0 Å². The van der Waals surface area contributed by atoms with Gasteiger partial charge >= 0.3 is 0 Å². The summed E-state index contributed by atoms with van der Waals surface area (Å²) in [7, 11) is -1.63. The number of rotatable bonds is 7. The predicted molar refractivity (Wildman–Crippen MR) is 86.9 cm³/mol. The van der Waals surface area contributed by atoms with E-state index < -0.39 is 10.0 Å². The number of hydrogen-bond acceptors (Lipinski definition) is 4. The van der Waals surface area contributed by atoms with E-state index in [9.17, 15) is 8.42 Å². The Bertz CT molecular complexity index is 666. The molecule has 114 valence electrons. The minimum absolute atomic E-state index is 0.203. The molecule has 0 aliphatic heterocycles. The van der Waals surface area contributed by atoms with Crippen molar-refractivity contribution in [1.82, 2.24) is 10.0 Å². The maximum atomic E-state index is 12.5. The molecule has 6 heteroatoms. The van der Waals surface area contributed by atoms with E-state index in [4.69, 9.17) is 0 Å². The zero-order chi connectivity index (χ0) is 15.3. The SMILES string of the molecule is CCC(NS(=O)(=O)c1ccc(CNC)s1)c1ccccc1. The van der Waals surface area contributed by atoms with Gasteiger partial charge in [-0.15, -0.1) is 11.3 Å². The fraction of sp³-hybridized carbons (Fsp3) is 0.333. The molecule has 21 heavy (non-hydrogen) atoms. The highest BCUT2D eigenvalue weighted by Gasteiger charge is 2.21. The number of thiophene rings is 1. The smallest absolute Gasteiger partial charge is 0.250 e. The van der Waals surface area contributed by atoms with Gasteiger partial charge in [-0.3, -0.25) is 0 Å². The molecule has 2 rings (SSSR count). The number of nitrogens with one attached hydrogen (secondary N) is 2. The van der Waals surface area contributed by atoms with Crippen molar-refractivity contribution in [2.24, 2.45) is 0 Å². The van der Waals surface area contributed by atoms with Crippen LogP contribution in [0.1, 0.15) is 29.8 Å². The number of benzene rings is 1. The first-order valence-corrected chi connectivity index (χ1v) is 9.17. The van der Waals surface area contributed by atoms with Gasteiger partial charge < -0.3 is 5.32 Å². The molecular weight excluding hydrogens is 304 g/mol. The fourth-order valence-electron chi connectivity index (χ4n) is 2.09. The van der Waals surface area contributed by atoms with Gasteiger partial charge in [0.15, 0.2) is 0 Å². The molecule has 0 radical (unpaired) electrons.